The largest absolute Gasteiger partial charge is 0.444 e. The highest BCUT2D eigenvalue weighted by Crippen LogP contribution is 2.28. The predicted octanol–water partition coefficient (Wildman–Crippen LogP) is 4.21. The zero-order valence-electron chi connectivity index (χ0n) is 22.0. The molecule has 0 atom stereocenters. The molecule has 2 aliphatic rings. The van der Waals surface area contributed by atoms with Crippen molar-refractivity contribution in [1.29, 1.82) is 0 Å². The summed E-state index contributed by atoms with van der Waals surface area (Å²) in [5.41, 5.74) is 6.44. The number of aromatic nitrogens is 7. The highest BCUT2D eigenvalue weighted by molar-refractivity contribution is 5.70. The molecular weight excluding hydrogens is 480 g/mol. The number of nitrogens with zero attached hydrogens (tertiary/aromatic N) is 8. The number of hydrogen-bond acceptors (Lipinski definition) is 7. The van der Waals surface area contributed by atoms with E-state index in [-0.39, 0.29) is 6.09 Å². The molecule has 38 heavy (non-hydrogen) atoms. The van der Waals surface area contributed by atoms with Gasteiger partial charge in [0.2, 0.25) is 0 Å². The molecule has 0 N–H and O–H groups in total. The van der Waals surface area contributed by atoms with Gasteiger partial charge in [-0.3, -0.25) is 9.67 Å². The molecule has 10 heteroatoms. The van der Waals surface area contributed by atoms with Crippen LogP contribution in [-0.4, -0.2) is 64.3 Å². The van der Waals surface area contributed by atoms with Gasteiger partial charge in [-0.05, 0) is 75.6 Å². The van der Waals surface area contributed by atoms with Crippen molar-refractivity contribution in [3.63, 3.8) is 0 Å². The molecule has 0 bridgehead atoms. The van der Waals surface area contributed by atoms with Crippen LogP contribution in [0.25, 0.3) is 28.9 Å². The maximum Gasteiger partial charge on any atom is 0.410 e. The Morgan fingerprint density at radius 1 is 1.13 bits per heavy atom. The number of hydrogen-bond donors (Lipinski definition) is 0. The van der Waals surface area contributed by atoms with Gasteiger partial charge < -0.3 is 9.64 Å². The van der Waals surface area contributed by atoms with E-state index < -0.39 is 5.60 Å². The van der Waals surface area contributed by atoms with E-state index >= 15 is 0 Å². The van der Waals surface area contributed by atoms with Crippen molar-refractivity contribution >= 4 is 23.9 Å². The molecule has 5 heterocycles. The van der Waals surface area contributed by atoms with Crippen LogP contribution in [0.3, 0.4) is 0 Å². The van der Waals surface area contributed by atoms with Crippen LogP contribution < -0.4 is 0 Å². The van der Waals surface area contributed by atoms with E-state index in [0.29, 0.717) is 24.8 Å². The fourth-order valence-electron chi connectivity index (χ4n) is 4.73. The van der Waals surface area contributed by atoms with Gasteiger partial charge in [-0.1, -0.05) is 6.08 Å². The lowest BCUT2D eigenvalue weighted by Crippen LogP contribution is -2.52. The van der Waals surface area contributed by atoms with Gasteiger partial charge in [0, 0.05) is 49.1 Å². The van der Waals surface area contributed by atoms with Gasteiger partial charge in [0.05, 0.1) is 17.6 Å². The lowest BCUT2D eigenvalue weighted by Gasteiger charge is -2.39. The average Bonchev–Trinajstić information content (AvgIpc) is 3.46. The second-order valence-electron chi connectivity index (χ2n) is 11.0. The van der Waals surface area contributed by atoms with E-state index in [9.17, 15) is 4.79 Å². The maximum absolute atomic E-state index is 12.2. The summed E-state index contributed by atoms with van der Waals surface area (Å²) in [6.07, 6.45) is 12.4. The zero-order valence-corrected chi connectivity index (χ0v) is 22.0. The summed E-state index contributed by atoms with van der Waals surface area (Å²) in [6.45, 7) is 9.72. The molecule has 1 fully saturated rings. The van der Waals surface area contributed by atoms with Crippen molar-refractivity contribution in [3.05, 3.63) is 71.2 Å². The fraction of sp³-hybridized carbons (Fsp3) is 0.357. The molecule has 10 nitrogen and oxygen atoms in total. The Kier molecular flexibility index (Phi) is 5.81. The highest BCUT2D eigenvalue weighted by Gasteiger charge is 2.34. The second kappa shape index (κ2) is 9.20. The van der Waals surface area contributed by atoms with Crippen LogP contribution in [0, 0.1) is 12.8 Å². The molecule has 4 aromatic heterocycles. The Labute approximate surface area is 220 Å². The first kappa shape index (κ1) is 24.0. The third-order valence-electron chi connectivity index (χ3n) is 6.61. The smallest absolute Gasteiger partial charge is 0.410 e. The zero-order chi connectivity index (χ0) is 26.4. The van der Waals surface area contributed by atoms with Crippen LogP contribution in [0.2, 0.25) is 0 Å². The molecule has 1 aliphatic heterocycles. The van der Waals surface area contributed by atoms with E-state index in [2.05, 4.69) is 37.5 Å². The quantitative estimate of drug-likeness (QED) is 0.405. The summed E-state index contributed by atoms with van der Waals surface area (Å²) in [4.78, 5) is 18.6. The topological polar surface area (TPSA) is 103 Å². The second-order valence-corrected chi connectivity index (χ2v) is 11.0. The fourth-order valence-corrected chi connectivity index (χ4v) is 4.73. The first-order valence-electron chi connectivity index (χ1n) is 12.8. The highest BCUT2D eigenvalue weighted by atomic mass is 16.6. The molecule has 0 unspecified atom stereocenters. The first-order valence-corrected chi connectivity index (χ1v) is 12.8. The number of aryl methyl sites for hydroxylation is 1. The normalized spacial score (nSPS) is 16.6. The lowest BCUT2D eigenvalue weighted by atomic mass is 9.95. The Morgan fingerprint density at radius 3 is 2.79 bits per heavy atom. The van der Waals surface area contributed by atoms with E-state index in [0.717, 1.165) is 52.3 Å². The number of fused-ring (bicyclic) bond motifs is 2. The van der Waals surface area contributed by atoms with Crippen LogP contribution in [-0.2, 0) is 17.7 Å². The Morgan fingerprint density at radius 2 is 1.97 bits per heavy atom. The number of carbonyl (C=O) groups excluding carboxylic acids is 1. The Balaban J connectivity index is 1.13. The molecule has 1 amide bonds. The van der Waals surface area contributed by atoms with Crippen LogP contribution in [0.4, 0.5) is 4.79 Å². The van der Waals surface area contributed by atoms with E-state index in [1.807, 2.05) is 75.3 Å². The monoisotopic (exact) mass is 510 g/mol. The van der Waals surface area contributed by atoms with Crippen molar-refractivity contribution in [2.45, 2.75) is 46.3 Å². The van der Waals surface area contributed by atoms with Crippen molar-refractivity contribution in [3.8, 4) is 11.1 Å². The average molecular weight is 511 g/mol. The standard InChI is InChI=1S/C28H30N8O2/c1-18-5-8-25-31-32-26(36(25)33-18)10-19-6-7-24-21(9-19)11-22(12-29-24)23-13-30-35(17-23)16-20-14-34(15-20)27(37)38-28(2,3)4/h5-8,10-13,17,20H,9,14-16H2,1-4H3. The maximum atomic E-state index is 12.2. The molecular formula is C28H30N8O2. The number of rotatable bonds is 4. The number of ether oxygens (including phenoxy) is 1. The van der Waals surface area contributed by atoms with Crippen molar-refractivity contribution in [1.82, 2.24) is 39.5 Å². The minimum Gasteiger partial charge on any atom is -0.444 e. The minimum atomic E-state index is -0.477. The summed E-state index contributed by atoms with van der Waals surface area (Å²) in [5, 5.41) is 17.6. The van der Waals surface area contributed by atoms with Gasteiger partial charge in [0.1, 0.15) is 5.60 Å². The summed E-state index contributed by atoms with van der Waals surface area (Å²) in [7, 11) is 0. The first-order chi connectivity index (χ1) is 18.2. The van der Waals surface area contributed by atoms with Gasteiger partial charge in [-0.25, -0.2) is 4.79 Å². The molecule has 0 aromatic carbocycles. The number of likely N-dealkylation sites (tertiary alicyclic amines) is 1. The number of carbonyl (C=O) groups is 1. The van der Waals surface area contributed by atoms with Gasteiger partial charge in [-0.2, -0.15) is 14.7 Å². The van der Waals surface area contributed by atoms with Crippen LogP contribution in [0.15, 0.2) is 48.4 Å². The molecule has 0 radical (unpaired) electrons. The van der Waals surface area contributed by atoms with Crippen molar-refractivity contribution in [2.24, 2.45) is 5.92 Å². The third-order valence-corrected chi connectivity index (χ3v) is 6.61. The molecule has 4 aromatic rings. The Hall–Kier alpha value is -4.34. The summed E-state index contributed by atoms with van der Waals surface area (Å²) < 4.78 is 9.16. The summed E-state index contributed by atoms with van der Waals surface area (Å²) in [5.74, 6) is 1.07. The summed E-state index contributed by atoms with van der Waals surface area (Å²) >= 11 is 0. The van der Waals surface area contributed by atoms with Crippen LogP contribution in [0.5, 0.6) is 0 Å². The molecule has 1 saturated heterocycles. The molecule has 1 aliphatic carbocycles. The van der Waals surface area contributed by atoms with Crippen LogP contribution >= 0.6 is 0 Å². The third kappa shape index (κ3) is 4.93. The molecule has 194 valence electrons. The molecule has 6 rings (SSSR count). The number of allylic oxidation sites excluding steroid dienone is 2. The summed E-state index contributed by atoms with van der Waals surface area (Å²) in [6, 6.07) is 6.03. The number of pyridine rings is 1. The predicted molar refractivity (Wildman–Crippen MR) is 143 cm³/mol. The lowest BCUT2D eigenvalue weighted by molar-refractivity contribution is -0.00383. The van der Waals surface area contributed by atoms with Crippen LogP contribution in [0.1, 0.15) is 43.5 Å². The van der Waals surface area contributed by atoms with Crippen molar-refractivity contribution in [2.75, 3.05) is 13.1 Å². The number of amides is 1. The van der Waals surface area contributed by atoms with E-state index in [4.69, 9.17) is 4.74 Å². The molecule has 0 saturated carbocycles. The van der Waals surface area contributed by atoms with E-state index in [1.54, 1.807) is 9.42 Å². The SMILES string of the molecule is Cc1ccc2nnc(C=C3C=Cc4ncc(-c5cnn(CC6CN(C(=O)OC(C)(C)C)C6)c5)cc4C3)n2n1. The van der Waals surface area contributed by atoms with Gasteiger partial charge in [0.25, 0.3) is 0 Å². The van der Waals surface area contributed by atoms with Gasteiger partial charge in [-0.15, -0.1) is 10.2 Å². The van der Waals surface area contributed by atoms with Gasteiger partial charge in [0.15, 0.2) is 11.5 Å². The molecule has 0 spiro atoms. The van der Waals surface area contributed by atoms with Crippen molar-refractivity contribution < 1.29 is 9.53 Å². The van der Waals surface area contributed by atoms with E-state index in [1.165, 1.54) is 0 Å². The minimum absolute atomic E-state index is 0.249. The van der Waals surface area contributed by atoms with Gasteiger partial charge >= 0.3 is 6.09 Å². The Bertz CT molecular complexity index is 1580.